The van der Waals surface area contributed by atoms with Gasteiger partial charge in [-0.1, -0.05) is 54.6 Å². The first-order chi connectivity index (χ1) is 20.9. The average Bonchev–Trinajstić information content (AvgIpc) is 3.03. The molecule has 0 bridgehead atoms. The number of hydrogen-bond donors (Lipinski definition) is 1. The Morgan fingerprint density at radius 2 is 1.88 bits per heavy atom. The lowest BCUT2D eigenvalue weighted by Gasteiger charge is -2.41. The van der Waals surface area contributed by atoms with Gasteiger partial charge in [-0.05, 0) is 23.4 Å². The van der Waals surface area contributed by atoms with Crippen molar-refractivity contribution in [2.75, 3.05) is 42.2 Å². The SMILES string of the molecule is C[S+]([O-])c1nc2c(c(N3CCN(C(=O)O)C(CC#N)C3)n1)CCN(c1cc(OCc3ccccc3)cc3ccccc13)C2. The van der Waals surface area contributed by atoms with E-state index in [9.17, 15) is 19.7 Å². The number of rotatable bonds is 7. The molecular weight excluding hydrogens is 564 g/mol. The summed E-state index contributed by atoms with van der Waals surface area (Å²) in [6, 6.07) is 24.1. The standard InChI is InChI=1S/C32H32N6O4S/c1-43(41)31-34-28-20-36(14-12-27(28)30(35-31)37-15-16-38(32(39)40)24(19-37)11-13-33)29-18-25(17-23-9-5-6-10-26(23)29)42-21-22-7-3-2-4-8-22/h2-10,17-18,24H,11-12,14-16,19-21H2,1H3,(H,39,40). The van der Waals surface area contributed by atoms with Crippen molar-refractivity contribution in [1.29, 1.82) is 5.26 Å². The fraction of sp³-hybridized carbons (Fsp3) is 0.312. The molecule has 2 aliphatic heterocycles. The molecule has 220 valence electrons. The fourth-order valence-corrected chi connectivity index (χ4v) is 6.37. The fourth-order valence-electron chi connectivity index (χ4n) is 5.91. The minimum Gasteiger partial charge on any atom is -0.609 e. The molecule has 0 spiro atoms. The van der Waals surface area contributed by atoms with Crippen LogP contribution >= 0.6 is 0 Å². The van der Waals surface area contributed by atoms with Gasteiger partial charge in [0.15, 0.2) is 0 Å². The van der Waals surface area contributed by atoms with Crippen molar-refractivity contribution in [1.82, 2.24) is 14.9 Å². The zero-order chi connectivity index (χ0) is 29.9. The van der Waals surface area contributed by atoms with Gasteiger partial charge in [-0.25, -0.2) is 4.79 Å². The van der Waals surface area contributed by atoms with Crippen LogP contribution in [0.5, 0.6) is 5.75 Å². The van der Waals surface area contributed by atoms with Gasteiger partial charge in [-0.2, -0.15) is 15.2 Å². The largest absolute Gasteiger partial charge is 0.609 e. The van der Waals surface area contributed by atoms with Crippen LogP contribution < -0.4 is 14.5 Å². The maximum absolute atomic E-state index is 12.6. The van der Waals surface area contributed by atoms with E-state index in [2.05, 4.69) is 35.2 Å². The number of amides is 1. The normalized spacial score (nSPS) is 17.3. The Kier molecular flexibility index (Phi) is 8.22. The minimum atomic E-state index is -1.42. The summed E-state index contributed by atoms with van der Waals surface area (Å²) >= 11 is -1.42. The van der Waals surface area contributed by atoms with Crippen molar-refractivity contribution >= 4 is 39.5 Å². The molecule has 2 unspecified atom stereocenters. The van der Waals surface area contributed by atoms with Crippen LogP contribution in [0.1, 0.15) is 23.2 Å². The van der Waals surface area contributed by atoms with Crippen LogP contribution in [0.15, 0.2) is 71.9 Å². The van der Waals surface area contributed by atoms with E-state index in [0.29, 0.717) is 45.0 Å². The summed E-state index contributed by atoms with van der Waals surface area (Å²) in [5.74, 6) is 1.47. The predicted molar refractivity (Wildman–Crippen MR) is 165 cm³/mol. The van der Waals surface area contributed by atoms with E-state index < -0.39 is 23.3 Å². The second kappa shape index (κ2) is 12.4. The number of carbonyl (C=O) groups is 1. The Labute approximate surface area is 253 Å². The molecule has 2 aliphatic rings. The van der Waals surface area contributed by atoms with Gasteiger partial charge in [-0.3, -0.25) is 0 Å². The lowest BCUT2D eigenvalue weighted by molar-refractivity contribution is 0.119. The maximum atomic E-state index is 12.6. The van der Waals surface area contributed by atoms with Crippen LogP contribution in [0.4, 0.5) is 16.3 Å². The van der Waals surface area contributed by atoms with Crippen molar-refractivity contribution in [2.24, 2.45) is 0 Å². The molecule has 3 heterocycles. The highest BCUT2D eigenvalue weighted by molar-refractivity contribution is 7.90. The molecule has 1 N–H and O–H groups in total. The minimum absolute atomic E-state index is 0.0895. The van der Waals surface area contributed by atoms with Crippen molar-refractivity contribution in [2.45, 2.75) is 37.2 Å². The van der Waals surface area contributed by atoms with Crippen LogP contribution in [0.25, 0.3) is 10.8 Å². The van der Waals surface area contributed by atoms with Crippen LogP contribution in [0.2, 0.25) is 0 Å². The van der Waals surface area contributed by atoms with E-state index in [0.717, 1.165) is 39.0 Å². The Morgan fingerprint density at radius 3 is 2.65 bits per heavy atom. The molecule has 11 heteroatoms. The monoisotopic (exact) mass is 596 g/mol. The topological polar surface area (TPSA) is 129 Å². The summed E-state index contributed by atoms with van der Waals surface area (Å²) in [6.07, 6.45) is 1.28. The molecule has 2 atom stereocenters. The molecule has 1 saturated heterocycles. The van der Waals surface area contributed by atoms with Gasteiger partial charge < -0.3 is 29.1 Å². The van der Waals surface area contributed by atoms with Gasteiger partial charge in [0.05, 0.1) is 30.8 Å². The average molecular weight is 597 g/mol. The zero-order valence-corrected chi connectivity index (χ0v) is 24.7. The lowest BCUT2D eigenvalue weighted by atomic mass is 10.0. The number of carboxylic acid groups (broad SMARTS) is 1. The Morgan fingerprint density at radius 1 is 1.09 bits per heavy atom. The van der Waals surface area contributed by atoms with E-state index in [1.54, 1.807) is 6.26 Å². The molecule has 0 aliphatic carbocycles. The maximum Gasteiger partial charge on any atom is 0.407 e. The summed E-state index contributed by atoms with van der Waals surface area (Å²) in [4.78, 5) is 26.9. The van der Waals surface area contributed by atoms with Gasteiger partial charge in [0, 0.05) is 60.1 Å². The van der Waals surface area contributed by atoms with E-state index in [1.807, 2.05) is 47.4 Å². The van der Waals surface area contributed by atoms with Crippen molar-refractivity contribution in [3.8, 4) is 11.8 Å². The molecule has 1 amide bonds. The predicted octanol–water partition coefficient (Wildman–Crippen LogP) is 4.59. The first kappa shape index (κ1) is 28.6. The molecule has 3 aromatic carbocycles. The molecule has 1 aromatic heterocycles. The van der Waals surface area contributed by atoms with Gasteiger partial charge in [0.2, 0.25) is 0 Å². The number of hydrogen-bond acceptors (Lipinski definition) is 8. The van der Waals surface area contributed by atoms with Crippen molar-refractivity contribution < 1.29 is 19.2 Å². The Bertz CT molecular complexity index is 1680. The van der Waals surface area contributed by atoms with Crippen molar-refractivity contribution in [3.05, 3.63) is 83.6 Å². The van der Waals surface area contributed by atoms with E-state index in [1.165, 1.54) is 4.90 Å². The highest BCUT2D eigenvalue weighted by Gasteiger charge is 2.34. The number of anilines is 2. The first-order valence-electron chi connectivity index (χ1n) is 14.2. The summed E-state index contributed by atoms with van der Waals surface area (Å²) in [6.45, 7) is 2.71. The van der Waals surface area contributed by atoms with Gasteiger partial charge >= 0.3 is 11.2 Å². The highest BCUT2D eigenvalue weighted by Crippen LogP contribution is 2.37. The van der Waals surface area contributed by atoms with Crippen LogP contribution in [-0.4, -0.2) is 69.1 Å². The lowest BCUT2D eigenvalue weighted by Crippen LogP contribution is -2.55. The molecule has 6 rings (SSSR count). The second-order valence-corrected chi connectivity index (χ2v) is 12.0. The number of ether oxygens (including phenoxy) is 1. The molecule has 10 nitrogen and oxygen atoms in total. The van der Waals surface area contributed by atoms with Crippen LogP contribution in [-0.2, 0) is 30.7 Å². The third kappa shape index (κ3) is 6.02. The number of benzene rings is 3. The third-order valence-electron chi connectivity index (χ3n) is 8.04. The Balaban J connectivity index is 1.32. The second-order valence-electron chi connectivity index (χ2n) is 10.8. The van der Waals surface area contributed by atoms with Gasteiger partial charge in [-0.15, -0.1) is 0 Å². The third-order valence-corrected chi connectivity index (χ3v) is 8.73. The van der Waals surface area contributed by atoms with E-state index in [-0.39, 0.29) is 18.1 Å². The molecule has 0 radical (unpaired) electrons. The summed E-state index contributed by atoms with van der Waals surface area (Å²) in [5.41, 5.74) is 3.91. The summed E-state index contributed by atoms with van der Waals surface area (Å²) in [7, 11) is 0. The molecule has 1 fully saturated rings. The number of nitriles is 1. The van der Waals surface area contributed by atoms with Crippen LogP contribution in [0, 0.1) is 11.3 Å². The number of fused-ring (bicyclic) bond motifs is 2. The number of nitrogens with zero attached hydrogens (tertiary/aromatic N) is 6. The zero-order valence-electron chi connectivity index (χ0n) is 23.8. The number of piperazine rings is 1. The van der Waals surface area contributed by atoms with E-state index in [4.69, 9.17) is 14.7 Å². The molecular formula is C32H32N6O4S. The van der Waals surface area contributed by atoms with Crippen molar-refractivity contribution in [3.63, 3.8) is 0 Å². The van der Waals surface area contributed by atoms with Gasteiger partial charge in [0.1, 0.15) is 24.4 Å². The Hall–Kier alpha value is -4.53. The van der Waals surface area contributed by atoms with Crippen LogP contribution in [0.3, 0.4) is 0 Å². The molecule has 0 saturated carbocycles. The smallest absolute Gasteiger partial charge is 0.407 e. The quantitative estimate of drug-likeness (QED) is 0.241. The van der Waals surface area contributed by atoms with Gasteiger partial charge in [0.25, 0.3) is 0 Å². The van der Waals surface area contributed by atoms with E-state index >= 15 is 0 Å². The highest BCUT2D eigenvalue weighted by atomic mass is 32.2. The first-order valence-corrected chi connectivity index (χ1v) is 15.8. The number of aromatic nitrogens is 2. The molecule has 43 heavy (non-hydrogen) atoms. The summed E-state index contributed by atoms with van der Waals surface area (Å²) in [5, 5.41) is 21.4. The summed E-state index contributed by atoms with van der Waals surface area (Å²) < 4.78 is 18.9. The molecule has 4 aromatic rings.